The van der Waals surface area contributed by atoms with Crippen LogP contribution in [0.1, 0.15) is 42.6 Å². The van der Waals surface area contributed by atoms with E-state index in [9.17, 15) is 14.4 Å². The Bertz CT molecular complexity index is 1270. The summed E-state index contributed by atoms with van der Waals surface area (Å²) in [5.41, 5.74) is 3.99. The molecule has 0 bridgehead atoms. The first-order valence-electron chi connectivity index (χ1n) is 12.6. The van der Waals surface area contributed by atoms with Crippen LogP contribution in [0.25, 0.3) is 10.9 Å². The number of hydrogen-bond donors (Lipinski definition) is 2. The minimum atomic E-state index is -0.721. The van der Waals surface area contributed by atoms with Crippen LogP contribution in [-0.2, 0) is 27.2 Å². The maximum Gasteiger partial charge on any atom is 0.328 e. The molecule has 0 radical (unpaired) electrons. The summed E-state index contributed by atoms with van der Waals surface area (Å²) in [5, 5.41) is 4.05. The van der Waals surface area contributed by atoms with Crippen molar-refractivity contribution in [1.82, 2.24) is 20.1 Å². The number of amides is 3. The number of aromatic amines is 1. The van der Waals surface area contributed by atoms with Crippen molar-refractivity contribution in [2.75, 3.05) is 20.2 Å². The number of nitrogens with one attached hydrogen (secondary N) is 2. The minimum absolute atomic E-state index is 0.203. The number of benzene rings is 2. The summed E-state index contributed by atoms with van der Waals surface area (Å²) in [6.07, 6.45) is 2.36. The van der Waals surface area contributed by atoms with E-state index in [-0.39, 0.29) is 11.9 Å². The van der Waals surface area contributed by atoms with Gasteiger partial charge in [0, 0.05) is 36.1 Å². The Kier molecular flexibility index (Phi) is 6.67. The normalized spacial score (nSPS) is 21.2. The molecule has 8 heteroatoms. The highest BCUT2D eigenvalue weighted by Gasteiger charge is 2.51. The van der Waals surface area contributed by atoms with E-state index in [2.05, 4.69) is 10.3 Å². The van der Waals surface area contributed by atoms with Gasteiger partial charge in [0.2, 0.25) is 5.91 Å². The smallest absolute Gasteiger partial charge is 0.328 e. The molecule has 0 saturated carbocycles. The molecule has 3 amide bonds. The zero-order chi connectivity index (χ0) is 25.2. The van der Waals surface area contributed by atoms with Gasteiger partial charge in [-0.15, -0.1) is 0 Å². The number of rotatable bonds is 6. The number of methoxy groups -OCH3 is 1. The molecule has 3 atom stereocenters. The average molecular weight is 489 g/mol. The number of ether oxygens (including phenoxy) is 1. The third-order valence-electron chi connectivity index (χ3n) is 7.36. The Morgan fingerprint density at radius 2 is 1.86 bits per heavy atom. The Morgan fingerprint density at radius 1 is 1.11 bits per heavy atom. The van der Waals surface area contributed by atoms with Crippen LogP contribution in [0.15, 0.2) is 54.6 Å². The Balaban J connectivity index is 1.46. The Hall–Kier alpha value is -3.81. The zero-order valence-corrected chi connectivity index (χ0v) is 20.7. The highest BCUT2D eigenvalue weighted by Crippen LogP contribution is 2.41. The summed E-state index contributed by atoms with van der Waals surface area (Å²) in [4.78, 5) is 47.0. The van der Waals surface area contributed by atoms with Crippen molar-refractivity contribution in [3.05, 3.63) is 71.4 Å². The number of piperazine rings is 1. The standard InChI is InChI=1S/C28H32N4O4/c1-3-9-22-26(33)32-23(27(34)36-2)16-20-19-12-7-8-13-21(19)30-25(20)24(32)17-31(22)28(35)29-15-14-18-10-5-4-6-11-18/h4-8,10-13,22-24,30H,3,9,14-17H2,1-2H3,(H,29,35)/t22-,23-,24-/m0/s1. The number of carbonyl (C=O) groups is 3. The van der Waals surface area contributed by atoms with Gasteiger partial charge in [-0.1, -0.05) is 61.9 Å². The fraction of sp³-hybridized carbons (Fsp3) is 0.393. The van der Waals surface area contributed by atoms with E-state index < -0.39 is 24.1 Å². The fourth-order valence-corrected chi connectivity index (χ4v) is 5.65. The molecule has 2 N–H and O–H groups in total. The molecule has 188 valence electrons. The molecular formula is C28H32N4O4. The van der Waals surface area contributed by atoms with Crippen LogP contribution in [-0.4, -0.2) is 65.0 Å². The van der Waals surface area contributed by atoms with E-state index >= 15 is 0 Å². The van der Waals surface area contributed by atoms with Gasteiger partial charge in [0.1, 0.15) is 12.1 Å². The molecular weight excluding hydrogens is 456 g/mol. The van der Waals surface area contributed by atoms with E-state index in [1.54, 1.807) is 9.80 Å². The molecule has 1 fully saturated rings. The number of nitrogens with zero attached hydrogens (tertiary/aromatic N) is 2. The van der Waals surface area contributed by atoms with Crippen LogP contribution in [0.5, 0.6) is 0 Å². The number of hydrogen-bond acceptors (Lipinski definition) is 4. The van der Waals surface area contributed by atoms with E-state index in [0.717, 1.165) is 34.1 Å². The van der Waals surface area contributed by atoms with Gasteiger partial charge in [-0.2, -0.15) is 0 Å². The summed E-state index contributed by atoms with van der Waals surface area (Å²) in [7, 11) is 1.35. The number of carbonyl (C=O) groups excluding carboxylic acids is 3. The van der Waals surface area contributed by atoms with E-state index in [4.69, 9.17) is 4.74 Å². The lowest BCUT2D eigenvalue weighted by Crippen LogP contribution is -2.66. The summed E-state index contributed by atoms with van der Waals surface area (Å²) in [6.45, 7) is 2.78. The molecule has 2 aliphatic rings. The lowest BCUT2D eigenvalue weighted by molar-refractivity contribution is -0.162. The maximum atomic E-state index is 13.9. The Morgan fingerprint density at radius 3 is 2.61 bits per heavy atom. The first-order chi connectivity index (χ1) is 17.5. The highest BCUT2D eigenvalue weighted by molar-refractivity contribution is 5.94. The lowest BCUT2D eigenvalue weighted by atomic mass is 9.87. The first-order valence-corrected chi connectivity index (χ1v) is 12.6. The first kappa shape index (κ1) is 23.9. The molecule has 2 aliphatic heterocycles. The van der Waals surface area contributed by atoms with Gasteiger partial charge in [0.15, 0.2) is 0 Å². The number of esters is 1. The summed E-state index contributed by atoms with van der Waals surface area (Å²) < 4.78 is 5.12. The summed E-state index contributed by atoms with van der Waals surface area (Å²) in [6, 6.07) is 15.9. The third-order valence-corrected chi connectivity index (χ3v) is 7.36. The molecule has 3 heterocycles. The van der Waals surface area contributed by atoms with Crippen molar-refractivity contribution in [3.63, 3.8) is 0 Å². The molecule has 8 nitrogen and oxygen atoms in total. The second-order valence-electron chi connectivity index (χ2n) is 9.49. The Labute approximate surface area is 210 Å². The van der Waals surface area contributed by atoms with Crippen LogP contribution < -0.4 is 5.32 Å². The number of urea groups is 1. The van der Waals surface area contributed by atoms with Gasteiger partial charge >= 0.3 is 12.0 Å². The van der Waals surface area contributed by atoms with Crippen molar-refractivity contribution in [2.24, 2.45) is 0 Å². The van der Waals surface area contributed by atoms with Crippen LogP contribution >= 0.6 is 0 Å². The van der Waals surface area contributed by atoms with Crippen LogP contribution in [0.4, 0.5) is 4.79 Å². The van der Waals surface area contributed by atoms with Gasteiger partial charge in [0.05, 0.1) is 13.2 Å². The van der Waals surface area contributed by atoms with Crippen molar-refractivity contribution >= 4 is 28.8 Å². The molecule has 1 saturated heterocycles. The van der Waals surface area contributed by atoms with E-state index in [1.807, 2.05) is 61.5 Å². The molecule has 36 heavy (non-hydrogen) atoms. The van der Waals surface area contributed by atoms with Gasteiger partial charge < -0.3 is 24.8 Å². The summed E-state index contributed by atoms with van der Waals surface area (Å²) >= 11 is 0. The number of H-pyrrole nitrogens is 1. The van der Waals surface area contributed by atoms with Crippen LogP contribution in [0, 0.1) is 0 Å². The van der Waals surface area contributed by atoms with Crippen molar-refractivity contribution in [2.45, 2.75) is 50.7 Å². The number of para-hydroxylation sites is 1. The second-order valence-corrected chi connectivity index (χ2v) is 9.49. The van der Waals surface area contributed by atoms with Crippen molar-refractivity contribution < 1.29 is 19.1 Å². The SMILES string of the molecule is CCC[C@H]1C(=O)N2[C@H](C(=O)OC)Cc3c([nH]c4ccccc34)[C@@H]2CN1C(=O)NCCc1ccccc1. The van der Waals surface area contributed by atoms with Gasteiger partial charge in [-0.3, -0.25) is 4.79 Å². The van der Waals surface area contributed by atoms with E-state index in [0.29, 0.717) is 32.4 Å². The molecule has 2 aromatic carbocycles. The average Bonchev–Trinajstić information content (AvgIpc) is 3.28. The second kappa shape index (κ2) is 10.0. The maximum absolute atomic E-state index is 13.9. The molecule has 0 unspecified atom stereocenters. The third kappa shape index (κ3) is 4.21. The highest BCUT2D eigenvalue weighted by atomic mass is 16.5. The molecule has 1 aromatic heterocycles. The molecule has 3 aromatic rings. The quantitative estimate of drug-likeness (QED) is 0.519. The van der Waals surface area contributed by atoms with Gasteiger partial charge in [-0.25, -0.2) is 9.59 Å². The number of aromatic nitrogens is 1. The molecule has 0 spiro atoms. The minimum Gasteiger partial charge on any atom is -0.467 e. The van der Waals surface area contributed by atoms with Gasteiger partial charge in [-0.05, 0) is 30.0 Å². The summed E-state index contributed by atoms with van der Waals surface area (Å²) in [5.74, 6) is -0.633. The lowest BCUT2D eigenvalue weighted by Gasteiger charge is -2.49. The molecule has 0 aliphatic carbocycles. The number of fused-ring (bicyclic) bond motifs is 5. The van der Waals surface area contributed by atoms with Gasteiger partial charge in [0.25, 0.3) is 0 Å². The molecule has 5 rings (SSSR count). The van der Waals surface area contributed by atoms with Crippen LogP contribution in [0.3, 0.4) is 0 Å². The largest absolute Gasteiger partial charge is 0.467 e. The van der Waals surface area contributed by atoms with E-state index in [1.165, 1.54) is 7.11 Å². The van der Waals surface area contributed by atoms with Crippen molar-refractivity contribution in [3.8, 4) is 0 Å². The predicted molar refractivity (Wildman–Crippen MR) is 136 cm³/mol. The zero-order valence-electron chi connectivity index (χ0n) is 20.7. The fourth-order valence-electron chi connectivity index (χ4n) is 5.65. The topological polar surface area (TPSA) is 94.7 Å². The predicted octanol–water partition coefficient (Wildman–Crippen LogP) is 3.57. The van der Waals surface area contributed by atoms with Crippen molar-refractivity contribution in [1.29, 1.82) is 0 Å². The van der Waals surface area contributed by atoms with Crippen LogP contribution in [0.2, 0.25) is 0 Å². The monoisotopic (exact) mass is 488 g/mol.